The molecule has 5 rings (SSSR count). The Morgan fingerprint density at radius 1 is 1.26 bits per heavy atom. The van der Waals surface area contributed by atoms with E-state index in [2.05, 4.69) is 27.9 Å². The van der Waals surface area contributed by atoms with E-state index in [4.69, 9.17) is 8.48 Å². The molecule has 1 aliphatic carbocycles. The topological polar surface area (TPSA) is 106 Å². The van der Waals surface area contributed by atoms with Gasteiger partial charge >= 0.3 is 0 Å². The number of rotatable bonds is 6. The minimum atomic E-state index is -1.82. The van der Waals surface area contributed by atoms with Gasteiger partial charge in [-0.1, -0.05) is 25.6 Å². The van der Waals surface area contributed by atoms with E-state index in [-0.39, 0.29) is 17.4 Å². The zero-order chi connectivity index (χ0) is 28.8. The fraction of sp³-hybridized carbons (Fsp3) is 0.400. The number of hydrogen-bond donors (Lipinski definition) is 2. The predicted octanol–water partition coefficient (Wildman–Crippen LogP) is 5.24. The lowest BCUT2D eigenvalue weighted by Crippen LogP contribution is -2.34. The number of nitrogens with zero attached hydrogens (tertiary/aromatic N) is 4. The number of nitrogens with two attached hydrogens (primary N) is 1. The number of fused-ring (bicyclic) bond motifs is 1. The highest BCUT2D eigenvalue weighted by Gasteiger charge is 2.31. The summed E-state index contributed by atoms with van der Waals surface area (Å²) in [4.78, 5) is 36.4. The highest BCUT2D eigenvalue weighted by molar-refractivity contribution is 6.05. The molecule has 3 aromatic rings. The minimum absolute atomic E-state index is 0.00236. The Morgan fingerprint density at radius 3 is 2.68 bits per heavy atom. The van der Waals surface area contributed by atoms with Crippen LogP contribution in [0.15, 0.2) is 42.8 Å². The number of aromatic nitrogens is 3. The first-order chi connectivity index (χ1) is 19.0. The van der Waals surface area contributed by atoms with Gasteiger partial charge in [0.2, 0.25) is 5.91 Å². The number of nitrogens with one attached hydrogen (secondary N) is 1. The molecule has 1 fully saturated rings. The molecule has 2 amide bonds. The third-order valence-electron chi connectivity index (χ3n) is 7.81. The second kappa shape index (κ2) is 10.4. The van der Waals surface area contributed by atoms with Crippen molar-refractivity contribution in [3.05, 3.63) is 53.9 Å². The summed E-state index contributed by atoms with van der Waals surface area (Å²) in [6.07, 6.45) is 6.22. The second-order valence-corrected chi connectivity index (χ2v) is 10.2. The highest BCUT2D eigenvalue weighted by Crippen LogP contribution is 2.44. The van der Waals surface area contributed by atoms with Crippen molar-refractivity contribution in [2.45, 2.75) is 52.3 Å². The Kier molecular flexibility index (Phi) is 6.37. The van der Waals surface area contributed by atoms with Gasteiger partial charge in [-0.25, -0.2) is 9.97 Å². The van der Waals surface area contributed by atoms with Gasteiger partial charge in [0.15, 0.2) is 0 Å². The molecule has 38 heavy (non-hydrogen) atoms. The van der Waals surface area contributed by atoms with Crippen molar-refractivity contribution in [3.8, 4) is 11.3 Å². The molecule has 0 saturated carbocycles. The van der Waals surface area contributed by atoms with Crippen LogP contribution < -0.4 is 11.1 Å². The van der Waals surface area contributed by atoms with E-state index in [9.17, 15) is 9.59 Å². The van der Waals surface area contributed by atoms with Crippen LogP contribution in [0.3, 0.4) is 0 Å². The number of benzene rings is 1. The van der Waals surface area contributed by atoms with Crippen molar-refractivity contribution < 1.29 is 12.3 Å². The molecule has 3 heterocycles. The van der Waals surface area contributed by atoms with Crippen LogP contribution in [0.1, 0.15) is 59.3 Å². The van der Waals surface area contributed by atoms with Gasteiger partial charge in [0.05, 0.1) is 11.1 Å². The lowest BCUT2D eigenvalue weighted by Gasteiger charge is -2.26. The third kappa shape index (κ3) is 4.59. The summed E-state index contributed by atoms with van der Waals surface area (Å²) in [5.41, 5.74) is 12.5. The van der Waals surface area contributed by atoms with Crippen molar-refractivity contribution in [3.63, 3.8) is 0 Å². The molecule has 8 heteroatoms. The first kappa shape index (κ1) is 23.2. The molecule has 1 aliphatic heterocycles. The van der Waals surface area contributed by atoms with Gasteiger partial charge in [0.25, 0.3) is 5.91 Å². The number of allylic oxidation sites excluding steroid dienone is 2. The average molecular weight is 515 g/mol. The van der Waals surface area contributed by atoms with Crippen LogP contribution in [0.5, 0.6) is 0 Å². The molecule has 0 radical (unpaired) electrons. The molecule has 198 valence electrons. The van der Waals surface area contributed by atoms with E-state index in [1.54, 1.807) is 6.07 Å². The molecule has 8 nitrogen and oxygen atoms in total. The maximum atomic E-state index is 13.0. The summed E-state index contributed by atoms with van der Waals surface area (Å²) in [5.74, 6) is 0.119. The van der Waals surface area contributed by atoms with Crippen LogP contribution in [0.2, 0.25) is 0 Å². The van der Waals surface area contributed by atoms with E-state index >= 15 is 0 Å². The molecule has 1 saturated heterocycles. The van der Waals surface area contributed by atoms with Crippen LogP contribution in [-0.4, -0.2) is 44.3 Å². The molecular weight excluding hydrogens is 476 g/mol. The standard InChI is InChI=1S/C30H36N6O2/c1-5-18(2)29(37)34-22-12-13-23(19(3)16-22)26-24(25-27(31)32-17-33-28(25)35(26)4)20-8-10-21(11-9-20)30(38)36-14-6-7-15-36/h8,12-13,16-17,21H,2,5-7,9-11,14-15H2,1,3-4H3,(H,34,37)(H2,31,32,33)/t21-/m0/s1/i5D2. The summed E-state index contributed by atoms with van der Waals surface area (Å²) in [5, 5.41) is 3.56. The maximum absolute atomic E-state index is 13.0. The number of likely N-dealkylation sites (tertiary alicyclic amines) is 1. The molecule has 1 atom stereocenters. The largest absolute Gasteiger partial charge is 0.383 e. The fourth-order valence-corrected chi connectivity index (χ4v) is 5.71. The lowest BCUT2D eigenvalue weighted by atomic mass is 9.84. The number of aryl methyl sites for hydroxylation is 2. The predicted molar refractivity (Wildman–Crippen MR) is 152 cm³/mol. The van der Waals surface area contributed by atoms with Gasteiger partial charge in [-0.3, -0.25) is 9.59 Å². The smallest absolute Gasteiger partial charge is 0.250 e. The molecule has 3 N–H and O–H groups in total. The van der Waals surface area contributed by atoms with Crippen LogP contribution >= 0.6 is 0 Å². The van der Waals surface area contributed by atoms with E-state index in [0.717, 1.165) is 77.8 Å². The van der Waals surface area contributed by atoms with Crippen LogP contribution in [-0.2, 0) is 16.6 Å². The first-order valence-corrected chi connectivity index (χ1v) is 13.2. The van der Waals surface area contributed by atoms with E-state index < -0.39 is 12.3 Å². The number of hydrogen-bond acceptors (Lipinski definition) is 5. The Bertz CT molecular complexity index is 1550. The Labute approximate surface area is 226 Å². The van der Waals surface area contributed by atoms with Gasteiger partial charge in [0, 0.05) is 51.2 Å². The Balaban J connectivity index is 1.52. The van der Waals surface area contributed by atoms with Gasteiger partial charge in [-0.2, -0.15) is 0 Å². The zero-order valence-electron chi connectivity index (χ0n) is 24.3. The monoisotopic (exact) mass is 514 g/mol. The molecular formula is C30H36N6O2. The number of anilines is 2. The molecule has 0 bridgehead atoms. The van der Waals surface area contributed by atoms with Gasteiger partial charge in [-0.05, 0) is 68.7 Å². The zero-order valence-corrected chi connectivity index (χ0v) is 22.3. The summed E-state index contributed by atoms with van der Waals surface area (Å²) in [6.45, 7) is 8.62. The van der Waals surface area contributed by atoms with E-state index in [0.29, 0.717) is 17.9 Å². The summed E-state index contributed by atoms with van der Waals surface area (Å²) >= 11 is 0. The van der Waals surface area contributed by atoms with E-state index in [1.807, 2.05) is 35.6 Å². The first-order valence-electron chi connectivity index (χ1n) is 14.2. The maximum Gasteiger partial charge on any atom is 0.250 e. The summed E-state index contributed by atoms with van der Waals surface area (Å²) in [7, 11) is 1.96. The SMILES string of the molecule is [2H]C([2H])(C)C(=C)C(=O)Nc1ccc(-c2c(C3=CC[C@H](C(=O)N4CCCC4)CC3)c3c(N)ncnc3n2C)c(C)c1. The third-order valence-corrected chi connectivity index (χ3v) is 7.81. The van der Waals surface area contributed by atoms with Gasteiger partial charge < -0.3 is 20.5 Å². The van der Waals surface area contributed by atoms with Crippen LogP contribution in [0.25, 0.3) is 27.9 Å². The number of nitrogen functional groups attached to an aromatic ring is 1. The highest BCUT2D eigenvalue weighted by atomic mass is 16.2. The van der Waals surface area contributed by atoms with Crippen molar-refractivity contribution in [1.29, 1.82) is 0 Å². The molecule has 2 aliphatic rings. The normalized spacial score (nSPS) is 18.7. The molecule has 0 spiro atoms. The van der Waals surface area contributed by atoms with Crippen molar-refractivity contribution in [1.82, 2.24) is 19.4 Å². The molecule has 1 aromatic carbocycles. The van der Waals surface area contributed by atoms with Crippen LogP contribution in [0, 0.1) is 12.8 Å². The van der Waals surface area contributed by atoms with Crippen molar-refractivity contribution >= 4 is 39.9 Å². The van der Waals surface area contributed by atoms with Crippen molar-refractivity contribution in [2.24, 2.45) is 13.0 Å². The fourth-order valence-electron chi connectivity index (χ4n) is 5.71. The van der Waals surface area contributed by atoms with Crippen molar-refractivity contribution in [2.75, 3.05) is 24.1 Å². The number of carbonyl (C=O) groups is 2. The molecule has 0 unspecified atom stereocenters. The summed E-state index contributed by atoms with van der Waals surface area (Å²) < 4.78 is 17.6. The lowest BCUT2D eigenvalue weighted by molar-refractivity contribution is -0.134. The quantitative estimate of drug-likeness (QED) is 0.438. The minimum Gasteiger partial charge on any atom is -0.383 e. The van der Waals surface area contributed by atoms with Gasteiger partial charge in [-0.15, -0.1) is 0 Å². The average Bonchev–Trinajstić information content (AvgIpc) is 3.55. The number of amides is 2. The summed E-state index contributed by atoms with van der Waals surface area (Å²) in [6, 6.07) is 5.61. The second-order valence-electron chi connectivity index (χ2n) is 10.2. The molecule has 2 aromatic heterocycles. The Hall–Kier alpha value is -3.94. The van der Waals surface area contributed by atoms with Crippen LogP contribution in [0.4, 0.5) is 11.5 Å². The Morgan fingerprint density at radius 2 is 2.03 bits per heavy atom. The number of carbonyl (C=O) groups excluding carboxylic acids is 2. The van der Waals surface area contributed by atoms with E-state index in [1.165, 1.54) is 13.3 Å². The van der Waals surface area contributed by atoms with Gasteiger partial charge in [0.1, 0.15) is 17.8 Å².